The molecule has 0 unspecified atom stereocenters. The molecule has 7 nitrogen and oxygen atoms in total. The van der Waals surface area contributed by atoms with Crippen LogP contribution in [0.1, 0.15) is 20.7 Å². The molecule has 3 N–H and O–H groups in total. The first-order chi connectivity index (χ1) is 15.5. The van der Waals surface area contributed by atoms with Gasteiger partial charge in [0, 0.05) is 42.6 Å². The molecule has 0 saturated heterocycles. The molecule has 7 heteroatoms. The van der Waals surface area contributed by atoms with E-state index in [1.165, 1.54) is 0 Å². The van der Waals surface area contributed by atoms with Gasteiger partial charge in [0.05, 0.1) is 24.8 Å². The molecule has 2 amide bonds. The minimum atomic E-state index is -0.199. The summed E-state index contributed by atoms with van der Waals surface area (Å²) < 4.78 is 10.4. The Morgan fingerprint density at radius 2 is 1.78 bits per heavy atom. The highest BCUT2D eigenvalue weighted by molar-refractivity contribution is 6.17. The van der Waals surface area contributed by atoms with Gasteiger partial charge in [0.2, 0.25) is 0 Å². The summed E-state index contributed by atoms with van der Waals surface area (Å²) in [4.78, 5) is 28.5. The van der Waals surface area contributed by atoms with E-state index in [4.69, 9.17) is 9.47 Å². The Labute approximate surface area is 185 Å². The highest BCUT2D eigenvalue weighted by Gasteiger charge is 2.17. The first-order valence-corrected chi connectivity index (χ1v) is 10.3. The van der Waals surface area contributed by atoms with Crippen molar-refractivity contribution in [2.75, 3.05) is 34.4 Å². The lowest BCUT2D eigenvalue weighted by atomic mass is 9.98. The lowest BCUT2D eigenvalue weighted by Crippen LogP contribution is -2.27. The van der Waals surface area contributed by atoms with Crippen LogP contribution in [-0.4, -0.2) is 51.2 Å². The van der Waals surface area contributed by atoms with E-state index >= 15 is 0 Å². The summed E-state index contributed by atoms with van der Waals surface area (Å²) in [5, 5.41) is 7.38. The van der Waals surface area contributed by atoms with Crippen LogP contribution in [0.4, 0.5) is 0 Å². The van der Waals surface area contributed by atoms with Gasteiger partial charge in [0.1, 0.15) is 5.75 Å². The maximum absolute atomic E-state index is 13.1. The van der Waals surface area contributed by atoms with Gasteiger partial charge < -0.3 is 25.1 Å². The Kier molecular flexibility index (Phi) is 6.09. The van der Waals surface area contributed by atoms with E-state index in [0.29, 0.717) is 24.3 Å². The molecule has 0 aliphatic rings. The van der Waals surface area contributed by atoms with Gasteiger partial charge in [-0.1, -0.05) is 18.2 Å². The van der Waals surface area contributed by atoms with Crippen molar-refractivity contribution < 1.29 is 19.1 Å². The number of hydrogen-bond donors (Lipinski definition) is 3. The SMILES string of the molecule is CNC(=O)c1ccc2c(c1)[nH]c1c(C(=O)NCCOC)cc(-c3cccc(OC)c3)cc12. The lowest BCUT2D eigenvalue weighted by Gasteiger charge is -2.10. The van der Waals surface area contributed by atoms with Crippen molar-refractivity contribution in [2.45, 2.75) is 0 Å². The van der Waals surface area contributed by atoms with Gasteiger partial charge in [-0.25, -0.2) is 0 Å². The minimum absolute atomic E-state index is 0.167. The van der Waals surface area contributed by atoms with Crippen LogP contribution < -0.4 is 15.4 Å². The minimum Gasteiger partial charge on any atom is -0.497 e. The molecule has 0 fully saturated rings. The highest BCUT2D eigenvalue weighted by atomic mass is 16.5. The largest absolute Gasteiger partial charge is 0.497 e. The Hall–Kier alpha value is -3.84. The van der Waals surface area contributed by atoms with Crippen LogP contribution in [0.5, 0.6) is 5.75 Å². The molecule has 0 aliphatic heterocycles. The van der Waals surface area contributed by atoms with Gasteiger partial charge in [-0.2, -0.15) is 0 Å². The van der Waals surface area contributed by atoms with Crippen LogP contribution in [-0.2, 0) is 4.74 Å². The van der Waals surface area contributed by atoms with Crippen LogP contribution in [0.2, 0.25) is 0 Å². The smallest absolute Gasteiger partial charge is 0.253 e. The predicted molar refractivity (Wildman–Crippen MR) is 125 cm³/mol. The fraction of sp³-hybridized carbons (Fsp3) is 0.200. The summed E-state index contributed by atoms with van der Waals surface area (Å²) in [7, 11) is 4.82. The van der Waals surface area contributed by atoms with Crippen molar-refractivity contribution in [1.29, 1.82) is 0 Å². The predicted octanol–water partition coefficient (Wildman–Crippen LogP) is 3.73. The van der Waals surface area contributed by atoms with Crippen LogP contribution in [0.25, 0.3) is 32.9 Å². The van der Waals surface area contributed by atoms with E-state index in [0.717, 1.165) is 38.7 Å². The number of methoxy groups -OCH3 is 2. The third-order valence-corrected chi connectivity index (χ3v) is 5.44. The quantitative estimate of drug-likeness (QED) is 0.389. The summed E-state index contributed by atoms with van der Waals surface area (Å²) in [6.45, 7) is 0.827. The van der Waals surface area contributed by atoms with Crippen LogP contribution in [0, 0.1) is 0 Å². The van der Waals surface area contributed by atoms with Crippen molar-refractivity contribution in [3.05, 3.63) is 65.7 Å². The number of carbonyl (C=O) groups excluding carboxylic acids is 2. The van der Waals surface area contributed by atoms with E-state index in [1.54, 1.807) is 33.4 Å². The second kappa shape index (κ2) is 9.11. The van der Waals surface area contributed by atoms with Crippen LogP contribution in [0.15, 0.2) is 54.6 Å². The van der Waals surface area contributed by atoms with E-state index in [1.807, 2.05) is 36.4 Å². The summed E-state index contributed by atoms with van der Waals surface area (Å²) in [5.74, 6) is 0.373. The molecule has 164 valence electrons. The maximum atomic E-state index is 13.1. The van der Waals surface area contributed by atoms with Gasteiger partial charge in [-0.3, -0.25) is 9.59 Å². The zero-order valence-electron chi connectivity index (χ0n) is 18.2. The number of nitrogens with one attached hydrogen (secondary N) is 3. The molecule has 3 aromatic carbocycles. The number of benzene rings is 3. The van der Waals surface area contributed by atoms with Gasteiger partial charge in [-0.15, -0.1) is 0 Å². The Morgan fingerprint density at radius 3 is 2.53 bits per heavy atom. The second-order valence-corrected chi connectivity index (χ2v) is 7.39. The number of rotatable bonds is 7. The summed E-state index contributed by atoms with van der Waals surface area (Å²) in [6, 6.07) is 17.1. The molecule has 4 rings (SSSR count). The Morgan fingerprint density at radius 1 is 0.938 bits per heavy atom. The number of hydrogen-bond acceptors (Lipinski definition) is 4. The molecular weight excluding hydrogens is 406 g/mol. The first kappa shape index (κ1) is 21.4. The summed E-state index contributed by atoms with van der Waals surface area (Å²) in [5.41, 5.74) is 4.41. The fourth-order valence-corrected chi connectivity index (χ4v) is 3.80. The molecule has 1 heterocycles. The molecule has 32 heavy (non-hydrogen) atoms. The highest BCUT2D eigenvalue weighted by Crippen LogP contribution is 2.34. The van der Waals surface area contributed by atoms with Crippen molar-refractivity contribution >= 4 is 33.6 Å². The Balaban J connectivity index is 1.92. The zero-order chi connectivity index (χ0) is 22.7. The molecule has 0 aliphatic carbocycles. The normalized spacial score (nSPS) is 11.0. The molecule has 0 bridgehead atoms. The van der Waals surface area contributed by atoms with E-state index in [2.05, 4.69) is 21.7 Å². The molecule has 0 saturated carbocycles. The number of carbonyl (C=O) groups is 2. The molecule has 0 spiro atoms. The van der Waals surface area contributed by atoms with E-state index in [-0.39, 0.29) is 11.8 Å². The number of fused-ring (bicyclic) bond motifs is 3. The molecule has 0 radical (unpaired) electrons. The Bertz CT molecular complexity index is 1310. The standard InChI is InChI=1S/C25H25N3O4/c1-26-24(29)16-7-8-19-20-12-17(15-5-4-6-18(11-15)32-3)13-21(23(20)28-22(19)14-16)25(30)27-9-10-31-2/h4-8,11-14,28H,9-10H2,1-3H3,(H,26,29)(H,27,30). The average molecular weight is 431 g/mol. The van der Waals surface area contributed by atoms with Crippen LogP contribution >= 0.6 is 0 Å². The van der Waals surface area contributed by atoms with Crippen molar-refractivity contribution in [3.63, 3.8) is 0 Å². The maximum Gasteiger partial charge on any atom is 0.253 e. The molecule has 0 atom stereocenters. The molecule has 4 aromatic rings. The number of aromatic nitrogens is 1. The van der Waals surface area contributed by atoms with Crippen molar-refractivity contribution in [2.24, 2.45) is 0 Å². The molecule has 1 aromatic heterocycles. The topological polar surface area (TPSA) is 92.5 Å². The van der Waals surface area contributed by atoms with E-state index in [9.17, 15) is 9.59 Å². The monoisotopic (exact) mass is 431 g/mol. The zero-order valence-corrected chi connectivity index (χ0v) is 18.2. The number of amides is 2. The third-order valence-electron chi connectivity index (χ3n) is 5.44. The fourth-order valence-electron chi connectivity index (χ4n) is 3.80. The van der Waals surface area contributed by atoms with Crippen molar-refractivity contribution in [3.8, 4) is 16.9 Å². The van der Waals surface area contributed by atoms with Crippen molar-refractivity contribution in [1.82, 2.24) is 15.6 Å². The number of aromatic amines is 1. The summed E-state index contributed by atoms with van der Waals surface area (Å²) in [6.07, 6.45) is 0. The van der Waals surface area contributed by atoms with Gasteiger partial charge >= 0.3 is 0 Å². The van der Waals surface area contributed by atoms with E-state index < -0.39 is 0 Å². The summed E-state index contributed by atoms with van der Waals surface area (Å²) >= 11 is 0. The number of H-pyrrole nitrogens is 1. The van der Waals surface area contributed by atoms with Gasteiger partial charge in [-0.05, 0) is 47.5 Å². The van der Waals surface area contributed by atoms with Crippen LogP contribution in [0.3, 0.4) is 0 Å². The average Bonchev–Trinajstić information content (AvgIpc) is 3.20. The third kappa shape index (κ3) is 4.02. The van der Waals surface area contributed by atoms with Gasteiger partial charge in [0.25, 0.3) is 11.8 Å². The first-order valence-electron chi connectivity index (χ1n) is 10.3. The number of ether oxygens (including phenoxy) is 2. The van der Waals surface area contributed by atoms with Gasteiger partial charge in [0.15, 0.2) is 0 Å². The molecular formula is C25H25N3O4. The second-order valence-electron chi connectivity index (χ2n) is 7.39. The lowest BCUT2D eigenvalue weighted by molar-refractivity contribution is 0.0936.